The summed E-state index contributed by atoms with van der Waals surface area (Å²) in [4.78, 5) is 17.0. The summed E-state index contributed by atoms with van der Waals surface area (Å²) < 4.78 is 34.2. The number of amides is 1. The molecule has 1 fully saturated rings. The Morgan fingerprint density at radius 2 is 1.92 bits per heavy atom. The van der Waals surface area contributed by atoms with Gasteiger partial charge in [-0.15, -0.1) is 11.3 Å². The summed E-state index contributed by atoms with van der Waals surface area (Å²) >= 11 is 14.4. The first-order valence-electron chi connectivity index (χ1n) is 11.8. The molecule has 3 heterocycles. The van der Waals surface area contributed by atoms with Gasteiger partial charge >= 0.3 is 0 Å². The fourth-order valence-corrected chi connectivity index (χ4v) is 7.75. The van der Waals surface area contributed by atoms with Gasteiger partial charge in [0.25, 0.3) is 0 Å². The number of thiophene rings is 1. The molecule has 6 nitrogen and oxygen atoms in total. The van der Waals surface area contributed by atoms with Crippen LogP contribution in [0.2, 0.25) is 10.0 Å². The van der Waals surface area contributed by atoms with Crippen LogP contribution in [0.3, 0.4) is 0 Å². The van der Waals surface area contributed by atoms with Gasteiger partial charge in [0.1, 0.15) is 0 Å². The van der Waals surface area contributed by atoms with Crippen molar-refractivity contribution < 1.29 is 17.9 Å². The molecule has 1 amide bonds. The third-order valence-corrected chi connectivity index (χ3v) is 10.1. The highest BCUT2D eigenvalue weighted by Gasteiger charge is 2.37. The highest BCUT2D eigenvalue weighted by atomic mass is 35.5. The van der Waals surface area contributed by atoms with E-state index in [-0.39, 0.29) is 30.0 Å². The number of ether oxygens (including phenoxy) is 1. The Labute approximate surface area is 225 Å². The molecule has 0 bridgehead atoms. The van der Waals surface area contributed by atoms with Crippen LogP contribution in [0.4, 0.5) is 0 Å². The molecule has 2 aliphatic rings. The third-order valence-electron chi connectivity index (χ3n) is 6.67. The second-order valence-electron chi connectivity index (χ2n) is 8.95. The summed E-state index contributed by atoms with van der Waals surface area (Å²) in [5.74, 6) is -0.277. The van der Waals surface area contributed by atoms with Crippen molar-refractivity contribution in [3.05, 3.63) is 86.0 Å². The number of carbonyl (C=O) groups excluding carboxylic acids is 1. The van der Waals surface area contributed by atoms with E-state index in [1.165, 1.54) is 9.18 Å². The first kappa shape index (κ1) is 25.7. The summed E-state index contributed by atoms with van der Waals surface area (Å²) in [7, 11) is -3.90. The van der Waals surface area contributed by atoms with Gasteiger partial charge in [-0.1, -0.05) is 47.5 Å². The Morgan fingerprint density at radius 1 is 1.11 bits per heavy atom. The van der Waals surface area contributed by atoms with Gasteiger partial charge in [-0.2, -0.15) is 4.31 Å². The topological polar surface area (TPSA) is 66.9 Å². The van der Waals surface area contributed by atoms with Crippen molar-refractivity contribution in [3.8, 4) is 0 Å². The smallest absolute Gasteiger partial charge is 0.243 e. The Morgan fingerprint density at radius 3 is 2.64 bits per heavy atom. The second kappa shape index (κ2) is 10.8. The van der Waals surface area contributed by atoms with Gasteiger partial charge < -0.3 is 9.64 Å². The van der Waals surface area contributed by atoms with E-state index < -0.39 is 16.1 Å². The molecular weight excluding hydrogens is 539 g/mol. The van der Waals surface area contributed by atoms with E-state index in [1.54, 1.807) is 58.7 Å². The third kappa shape index (κ3) is 5.21. The molecule has 1 aromatic heterocycles. The lowest BCUT2D eigenvalue weighted by Gasteiger charge is -2.38. The van der Waals surface area contributed by atoms with E-state index in [2.05, 4.69) is 0 Å². The largest absolute Gasteiger partial charge is 0.377 e. The second-order valence-corrected chi connectivity index (χ2v) is 12.7. The van der Waals surface area contributed by atoms with E-state index in [1.807, 2.05) is 17.5 Å². The molecule has 2 unspecified atom stereocenters. The van der Waals surface area contributed by atoms with E-state index in [4.69, 9.17) is 27.9 Å². The van der Waals surface area contributed by atoms with Gasteiger partial charge in [-0.3, -0.25) is 4.79 Å². The van der Waals surface area contributed by atoms with Crippen LogP contribution in [0.1, 0.15) is 34.9 Å². The Hall–Kier alpha value is -1.94. The zero-order chi connectivity index (χ0) is 25.3. The molecule has 36 heavy (non-hydrogen) atoms. The monoisotopic (exact) mass is 564 g/mol. The van der Waals surface area contributed by atoms with Crippen molar-refractivity contribution in [2.75, 3.05) is 26.2 Å². The zero-order valence-corrected chi connectivity index (χ0v) is 22.6. The summed E-state index contributed by atoms with van der Waals surface area (Å²) in [6.07, 6.45) is 2.11. The zero-order valence-electron chi connectivity index (χ0n) is 19.5. The van der Waals surface area contributed by atoms with Crippen LogP contribution in [-0.4, -0.2) is 55.9 Å². The van der Waals surface area contributed by atoms with Gasteiger partial charge in [0.15, 0.2) is 0 Å². The van der Waals surface area contributed by atoms with Crippen LogP contribution in [-0.2, 0) is 26.0 Å². The van der Waals surface area contributed by atoms with Crippen LogP contribution in [0.15, 0.2) is 64.9 Å². The van der Waals surface area contributed by atoms with E-state index in [0.717, 1.165) is 24.0 Å². The summed E-state index contributed by atoms with van der Waals surface area (Å²) in [6.45, 7) is 0.919. The van der Waals surface area contributed by atoms with Gasteiger partial charge in [0.05, 0.1) is 23.6 Å². The molecular formula is C26H26Cl2N2O4S2. The molecule has 10 heteroatoms. The lowest BCUT2D eigenvalue weighted by atomic mass is 9.93. The molecule has 0 saturated carbocycles. The number of hydrogen-bond donors (Lipinski definition) is 0. The molecule has 0 N–H and O–H groups in total. The normalized spacial score (nSPS) is 20.0. The van der Waals surface area contributed by atoms with Gasteiger partial charge in [-0.05, 0) is 66.1 Å². The average Bonchev–Trinajstić information content (AvgIpc) is 3.56. The fraction of sp³-hybridized carbons (Fsp3) is 0.346. The maximum Gasteiger partial charge on any atom is 0.243 e. The van der Waals surface area contributed by atoms with Crippen LogP contribution in [0.25, 0.3) is 0 Å². The average molecular weight is 566 g/mol. The van der Waals surface area contributed by atoms with Crippen LogP contribution < -0.4 is 0 Å². The fourth-order valence-electron chi connectivity index (χ4n) is 4.89. The number of rotatable bonds is 7. The summed E-state index contributed by atoms with van der Waals surface area (Å²) in [5, 5.41) is 3.00. The van der Waals surface area contributed by atoms with E-state index in [9.17, 15) is 13.2 Å². The molecule has 2 aliphatic heterocycles. The summed E-state index contributed by atoms with van der Waals surface area (Å²) in [6, 6.07) is 15.1. The number of hydrogen-bond acceptors (Lipinski definition) is 5. The van der Waals surface area contributed by atoms with Crippen molar-refractivity contribution in [2.24, 2.45) is 0 Å². The quantitative estimate of drug-likeness (QED) is 0.385. The van der Waals surface area contributed by atoms with Crippen molar-refractivity contribution in [1.29, 1.82) is 0 Å². The maximum absolute atomic E-state index is 13.9. The van der Waals surface area contributed by atoms with E-state index >= 15 is 0 Å². The number of carbonyl (C=O) groups is 1. The molecule has 190 valence electrons. The molecule has 3 aromatic rings. The number of benzene rings is 2. The first-order valence-corrected chi connectivity index (χ1v) is 14.9. The highest BCUT2D eigenvalue weighted by Crippen LogP contribution is 2.41. The van der Waals surface area contributed by atoms with E-state index in [0.29, 0.717) is 29.6 Å². The maximum atomic E-state index is 13.9. The minimum atomic E-state index is -3.90. The van der Waals surface area contributed by atoms with Crippen LogP contribution >= 0.6 is 34.5 Å². The number of halogens is 2. The molecule has 0 spiro atoms. The lowest BCUT2D eigenvalue weighted by molar-refractivity contribution is -0.133. The van der Waals surface area contributed by atoms with Crippen molar-refractivity contribution in [1.82, 2.24) is 9.21 Å². The van der Waals surface area contributed by atoms with Gasteiger partial charge in [0, 0.05) is 34.6 Å². The van der Waals surface area contributed by atoms with Gasteiger partial charge in [-0.25, -0.2) is 8.42 Å². The molecule has 5 rings (SSSR count). The van der Waals surface area contributed by atoms with Crippen molar-refractivity contribution >= 4 is 50.5 Å². The summed E-state index contributed by atoms with van der Waals surface area (Å²) in [5.41, 5.74) is 1.78. The van der Waals surface area contributed by atoms with Gasteiger partial charge in [0.2, 0.25) is 15.9 Å². The van der Waals surface area contributed by atoms with Crippen molar-refractivity contribution in [3.63, 3.8) is 0 Å². The SMILES string of the molecule is O=C(CN(CC1CCCO1)S(=O)(=O)c1ccccc1)N1CCc2sccc2C1c1ccc(Cl)cc1Cl. The lowest BCUT2D eigenvalue weighted by Crippen LogP contribution is -2.48. The van der Waals surface area contributed by atoms with Crippen LogP contribution in [0, 0.1) is 0 Å². The minimum Gasteiger partial charge on any atom is -0.377 e. The van der Waals surface area contributed by atoms with Crippen LogP contribution in [0.5, 0.6) is 0 Å². The molecule has 0 radical (unpaired) electrons. The predicted molar refractivity (Wildman–Crippen MR) is 142 cm³/mol. The number of nitrogens with zero attached hydrogens (tertiary/aromatic N) is 2. The number of fused-ring (bicyclic) bond motifs is 1. The molecule has 2 aromatic carbocycles. The Bertz CT molecular complexity index is 1340. The first-order chi connectivity index (χ1) is 17.3. The highest BCUT2D eigenvalue weighted by molar-refractivity contribution is 7.89. The number of sulfonamides is 1. The Balaban J connectivity index is 1.48. The Kier molecular flexibility index (Phi) is 7.72. The molecule has 1 saturated heterocycles. The van der Waals surface area contributed by atoms with Crippen molar-refractivity contribution in [2.45, 2.75) is 36.3 Å². The standard InChI is InChI=1S/C26H26Cl2N2O4S2/c27-18-8-9-21(23(28)15-18)26-22-11-14-35-24(22)10-12-30(26)25(31)17-29(16-19-5-4-13-34-19)36(32,33)20-6-2-1-3-7-20/h1-3,6-9,11,14-15,19,26H,4-5,10,12-13,16-17H2. The predicted octanol–water partition coefficient (Wildman–Crippen LogP) is 5.40. The molecule has 0 aliphatic carbocycles. The minimum absolute atomic E-state index is 0.132. The molecule has 2 atom stereocenters.